The van der Waals surface area contributed by atoms with Gasteiger partial charge in [-0.25, -0.2) is 19.2 Å². The second-order valence-electron chi connectivity index (χ2n) is 15.1. The Morgan fingerprint density at radius 2 is 0.818 bits per heavy atom. The zero-order chi connectivity index (χ0) is 46.0. The number of benzene rings is 4. The maximum absolute atomic E-state index is 14.5. The molecule has 2 aromatic heterocycles. The van der Waals surface area contributed by atoms with Crippen LogP contribution >= 0.6 is 0 Å². The van der Waals surface area contributed by atoms with Gasteiger partial charge in [-0.2, -0.15) is 0 Å². The Bertz CT molecular complexity index is 2850. The van der Waals surface area contributed by atoms with Crippen molar-refractivity contribution in [2.75, 3.05) is 52.9 Å². The number of hydrogen-bond donors (Lipinski definition) is 0. The predicted molar refractivity (Wildman–Crippen MR) is 224 cm³/mol. The Labute approximate surface area is 371 Å². The van der Waals surface area contributed by atoms with Crippen LogP contribution in [0.25, 0.3) is 21.9 Å². The third kappa shape index (κ3) is 7.44. The van der Waals surface area contributed by atoms with Gasteiger partial charge in [0.25, 0.3) is 11.2 Å². The number of fused-ring (bicyclic) bond motifs is 8. The molecular formula is C48H36O18. The third-order valence-electron chi connectivity index (χ3n) is 11.3. The van der Waals surface area contributed by atoms with Crippen molar-refractivity contribution in [3.8, 4) is 11.5 Å². The van der Waals surface area contributed by atoms with Crippen molar-refractivity contribution >= 4 is 57.4 Å². The summed E-state index contributed by atoms with van der Waals surface area (Å²) in [6.45, 7) is -2.30. The molecule has 4 heterocycles. The Kier molecular flexibility index (Phi) is 11.7. The first kappa shape index (κ1) is 43.3. The van der Waals surface area contributed by atoms with Crippen LogP contribution in [0, 0.1) is 11.8 Å². The van der Waals surface area contributed by atoms with Crippen molar-refractivity contribution in [2.45, 2.75) is 11.2 Å². The van der Waals surface area contributed by atoms with Crippen LogP contribution in [0.3, 0.4) is 0 Å². The van der Waals surface area contributed by atoms with Crippen LogP contribution in [0.2, 0.25) is 0 Å². The zero-order valence-electron chi connectivity index (χ0n) is 34.6. The molecule has 0 spiro atoms. The lowest BCUT2D eigenvalue weighted by atomic mass is 9.45. The van der Waals surface area contributed by atoms with Crippen molar-refractivity contribution in [3.05, 3.63) is 152 Å². The summed E-state index contributed by atoms with van der Waals surface area (Å²) in [5.41, 5.74) is -5.43. The highest BCUT2D eigenvalue weighted by Gasteiger charge is 2.90. The molecule has 336 valence electrons. The molecule has 0 bridgehead atoms. The van der Waals surface area contributed by atoms with E-state index in [2.05, 4.69) is 0 Å². The molecule has 18 heteroatoms. The molecule has 4 atom stereocenters. The average molecular weight is 901 g/mol. The summed E-state index contributed by atoms with van der Waals surface area (Å²) in [6.07, 6.45) is 0. The van der Waals surface area contributed by atoms with Crippen LogP contribution in [-0.4, -0.2) is 99.5 Å². The number of esters is 4. The van der Waals surface area contributed by atoms with E-state index in [-0.39, 0.29) is 85.0 Å². The summed E-state index contributed by atoms with van der Waals surface area (Å²) in [5, 5.41) is 0.600. The van der Waals surface area contributed by atoms with Crippen LogP contribution in [-0.2, 0) is 38.0 Å². The number of Topliss-reactive ketones (excluding diaryl/α,β-unsaturated/α-hetero) is 2. The van der Waals surface area contributed by atoms with Crippen molar-refractivity contribution < 1.29 is 75.5 Å². The molecule has 3 aliphatic rings. The predicted octanol–water partition coefficient (Wildman–Crippen LogP) is 4.31. The normalized spacial score (nSPS) is 20.0. The van der Waals surface area contributed by atoms with Crippen LogP contribution < -0.4 is 20.3 Å². The van der Waals surface area contributed by atoms with Crippen LogP contribution in [0.1, 0.15) is 41.8 Å². The molecule has 0 amide bonds. The molecule has 1 saturated carbocycles. The lowest BCUT2D eigenvalue weighted by Gasteiger charge is -2.64. The van der Waals surface area contributed by atoms with Gasteiger partial charge >= 0.3 is 23.9 Å². The molecule has 9 rings (SSSR count). The molecule has 66 heavy (non-hydrogen) atoms. The van der Waals surface area contributed by atoms with E-state index in [0.29, 0.717) is 10.8 Å². The molecule has 6 aromatic rings. The maximum atomic E-state index is 14.5. The number of carbonyl (C=O) groups is 6. The van der Waals surface area contributed by atoms with Gasteiger partial charge in [0.1, 0.15) is 49.1 Å². The first-order chi connectivity index (χ1) is 32.0. The van der Waals surface area contributed by atoms with Gasteiger partial charge in [-0.3, -0.25) is 19.2 Å². The first-order valence-electron chi connectivity index (χ1n) is 20.6. The number of ketones is 2. The van der Waals surface area contributed by atoms with Crippen LogP contribution in [0.5, 0.6) is 11.5 Å². The topological polar surface area (TPSA) is 237 Å². The molecule has 0 unspecified atom stereocenters. The fourth-order valence-corrected chi connectivity index (χ4v) is 8.37. The number of hydrogen-bond acceptors (Lipinski definition) is 18. The van der Waals surface area contributed by atoms with Crippen molar-refractivity contribution in [3.63, 3.8) is 0 Å². The number of ether oxygens (including phenoxy) is 8. The number of carbonyl (C=O) groups excluding carboxylic acids is 6. The van der Waals surface area contributed by atoms with Gasteiger partial charge in [-0.15, -0.1) is 0 Å². The fraction of sp³-hybridized carbons (Fsp3) is 0.250. The van der Waals surface area contributed by atoms with E-state index in [1.54, 1.807) is 72.8 Å². The SMILES string of the molecule is O=C(OCCOCCOC(=O)[C@]12Oc3ccccc3C(=O)[C@H]1[C@@H]1C(=O)c3ccccc3O[C@@]12C(=O)OCCOCCOC(=O)c1cc(=O)c2ccccc2o1)c1cc(=O)c2ccccc2o1. The van der Waals surface area contributed by atoms with Gasteiger partial charge in [0.05, 0.1) is 60.2 Å². The quantitative estimate of drug-likeness (QED) is 0.0747. The highest BCUT2D eigenvalue weighted by molar-refractivity contribution is 6.19. The van der Waals surface area contributed by atoms with E-state index in [0.717, 1.165) is 12.1 Å². The summed E-state index contributed by atoms with van der Waals surface area (Å²) >= 11 is 0. The molecule has 0 saturated heterocycles. The minimum absolute atomic E-state index is 0.0669. The van der Waals surface area contributed by atoms with E-state index in [1.807, 2.05) is 0 Å². The maximum Gasteiger partial charge on any atom is 0.374 e. The van der Waals surface area contributed by atoms with Gasteiger partial charge in [0.15, 0.2) is 22.4 Å². The minimum atomic E-state index is -2.57. The Morgan fingerprint density at radius 3 is 1.24 bits per heavy atom. The molecule has 2 aliphatic heterocycles. The van der Waals surface area contributed by atoms with Crippen molar-refractivity contribution in [1.82, 2.24) is 0 Å². The summed E-state index contributed by atoms with van der Waals surface area (Å²) < 4.78 is 56.3. The summed E-state index contributed by atoms with van der Waals surface area (Å²) in [7, 11) is 0. The average Bonchev–Trinajstić information content (AvgIpc) is 3.32. The molecular weight excluding hydrogens is 865 g/mol. The molecule has 1 fully saturated rings. The number of rotatable bonds is 16. The third-order valence-corrected chi connectivity index (χ3v) is 11.3. The zero-order valence-corrected chi connectivity index (χ0v) is 34.6. The van der Waals surface area contributed by atoms with Crippen molar-refractivity contribution in [1.29, 1.82) is 0 Å². The van der Waals surface area contributed by atoms with Gasteiger partial charge in [-0.05, 0) is 48.5 Å². The lowest BCUT2D eigenvalue weighted by molar-refractivity contribution is -0.262. The van der Waals surface area contributed by atoms with Crippen LogP contribution in [0.15, 0.2) is 128 Å². The summed E-state index contributed by atoms with van der Waals surface area (Å²) in [6, 6.07) is 26.9. The second-order valence-corrected chi connectivity index (χ2v) is 15.1. The highest BCUT2D eigenvalue weighted by Crippen LogP contribution is 2.64. The van der Waals surface area contributed by atoms with E-state index < -0.39 is 82.6 Å². The lowest BCUT2D eigenvalue weighted by Crippen LogP contribution is -2.90. The highest BCUT2D eigenvalue weighted by atomic mass is 16.6. The van der Waals surface area contributed by atoms with E-state index in [4.69, 9.17) is 46.7 Å². The first-order valence-corrected chi connectivity index (χ1v) is 20.6. The van der Waals surface area contributed by atoms with Gasteiger partial charge in [0, 0.05) is 12.1 Å². The largest absolute Gasteiger partial charge is 0.469 e. The standard InChI is InChI=1S/C48H36O18/c49-31-25-37(63-33-13-5-1-9-27(31)33)43(53)59-21-17-57-19-23-61-45(55)47-39(41(51)29-11-3-7-15-35(29)65-47)40-42(52)30-12-4-8-16-36(30)66-48(40,47)46(56)62-24-20-58-18-22-60-44(54)38-26-32(50)28-10-2-6-14-34(28)64-38/h1-16,25-26,39-40H,17-24H2/t39-,40-,47-,48-/m1/s1. The second kappa shape index (κ2) is 17.9. The van der Waals surface area contributed by atoms with Crippen molar-refractivity contribution in [2.24, 2.45) is 11.8 Å². The molecule has 1 aliphatic carbocycles. The molecule has 4 aromatic carbocycles. The van der Waals surface area contributed by atoms with E-state index >= 15 is 0 Å². The monoisotopic (exact) mass is 900 g/mol. The smallest absolute Gasteiger partial charge is 0.374 e. The molecule has 18 nitrogen and oxygen atoms in total. The Balaban J connectivity index is 0.860. The summed E-state index contributed by atoms with van der Waals surface area (Å²) in [5.74, 6) is -9.53. The summed E-state index contributed by atoms with van der Waals surface area (Å²) in [4.78, 5) is 108. The molecule has 0 radical (unpaired) electrons. The van der Waals surface area contributed by atoms with E-state index in [1.165, 1.54) is 24.3 Å². The van der Waals surface area contributed by atoms with E-state index in [9.17, 15) is 38.4 Å². The minimum Gasteiger partial charge on any atom is -0.469 e. The Morgan fingerprint density at radius 1 is 0.455 bits per heavy atom. The van der Waals surface area contributed by atoms with Crippen LogP contribution in [0.4, 0.5) is 0 Å². The van der Waals surface area contributed by atoms with Gasteiger partial charge in [-0.1, -0.05) is 48.5 Å². The Hall–Kier alpha value is -7.96. The molecule has 0 N–H and O–H groups in total. The van der Waals surface area contributed by atoms with Gasteiger partial charge in [0.2, 0.25) is 11.5 Å². The van der Waals surface area contributed by atoms with Gasteiger partial charge < -0.3 is 46.7 Å². The fourth-order valence-electron chi connectivity index (χ4n) is 8.37. The number of para-hydroxylation sites is 4.